The van der Waals surface area contributed by atoms with Gasteiger partial charge in [0.1, 0.15) is 6.04 Å². The van der Waals surface area contributed by atoms with Gasteiger partial charge in [0.15, 0.2) is 0 Å². The van der Waals surface area contributed by atoms with Crippen LogP contribution in [-0.4, -0.2) is 48.3 Å². The maximum absolute atomic E-state index is 11.2. The lowest BCUT2D eigenvalue weighted by atomic mass is 9.91. The quantitative estimate of drug-likeness (QED) is 0.723. The molecule has 0 aromatic carbocycles. The molecule has 0 radical (unpaired) electrons. The maximum atomic E-state index is 11.2. The highest BCUT2D eigenvalue weighted by molar-refractivity contribution is 5.74. The lowest BCUT2D eigenvalue weighted by Crippen LogP contribution is -2.50. The zero-order valence-corrected chi connectivity index (χ0v) is 11.2. The van der Waals surface area contributed by atoms with Gasteiger partial charge in [-0.15, -0.1) is 0 Å². The monoisotopic (exact) mass is 243 g/mol. The van der Waals surface area contributed by atoms with Crippen molar-refractivity contribution in [2.24, 2.45) is 11.8 Å². The van der Waals surface area contributed by atoms with Crippen molar-refractivity contribution in [1.29, 1.82) is 0 Å². The number of ether oxygens (including phenoxy) is 1. The van der Waals surface area contributed by atoms with E-state index in [1.165, 1.54) is 0 Å². The van der Waals surface area contributed by atoms with E-state index in [-0.39, 0.29) is 12.0 Å². The predicted octanol–water partition coefficient (Wildman–Crippen LogP) is 1.84. The van der Waals surface area contributed by atoms with Gasteiger partial charge in [-0.05, 0) is 31.2 Å². The molecular formula is C13H25NO3. The topological polar surface area (TPSA) is 49.8 Å². The van der Waals surface area contributed by atoms with Gasteiger partial charge >= 0.3 is 5.97 Å². The Bertz CT molecular complexity index is 243. The summed E-state index contributed by atoms with van der Waals surface area (Å²) in [4.78, 5) is 13.3. The van der Waals surface area contributed by atoms with Crippen LogP contribution in [0.15, 0.2) is 0 Å². The highest BCUT2D eigenvalue weighted by atomic mass is 16.5. The Hall–Kier alpha value is -0.610. The van der Waals surface area contributed by atoms with E-state index >= 15 is 0 Å². The normalized spacial score (nSPS) is 26.4. The molecule has 0 saturated carbocycles. The molecular weight excluding hydrogens is 218 g/mol. The smallest absolute Gasteiger partial charge is 0.321 e. The fourth-order valence-corrected chi connectivity index (χ4v) is 2.42. The average molecular weight is 243 g/mol. The first-order valence-electron chi connectivity index (χ1n) is 6.57. The third-order valence-electron chi connectivity index (χ3n) is 3.26. The summed E-state index contributed by atoms with van der Waals surface area (Å²) in [6, 6.07) is -0.327. The number of carboxylic acid groups (broad SMARTS) is 1. The Labute approximate surface area is 104 Å². The number of aliphatic carboxylic acids is 1. The van der Waals surface area contributed by atoms with E-state index in [1.54, 1.807) is 0 Å². The zero-order chi connectivity index (χ0) is 12.8. The molecule has 1 aliphatic heterocycles. The Balaban J connectivity index is 2.36. The van der Waals surface area contributed by atoms with Gasteiger partial charge in [-0.25, -0.2) is 0 Å². The van der Waals surface area contributed by atoms with E-state index in [1.807, 2.05) is 6.92 Å². The van der Waals surface area contributed by atoms with Gasteiger partial charge in [-0.2, -0.15) is 0 Å². The van der Waals surface area contributed by atoms with Crippen LogP contribution in [0.3, 0.4) is 0 Å². The number of piperidine rings is 1. The predicted molar refractivity (Wildman–Crippen MR) is 67.1 cm³/mol. The molecule has 100 valence electrons. The van der Waals surface area contributed by atoms with Crippen molar-refractivity contribution in [2.75, 3.05) is 26.3 Å². The SMILES string of the molecule is CC(C)COCCN1CCCC(C)C1C(=O)O. The van der Waals surface area contributed by atoms with Crippen molar-refractivity contribution in [2.45, 2.75) is 39.7 Å². The van der Waals surface area contributed by atoms with Crippen LogP contribution >= 0.6 is 0 Å². The van der Waals surface area contributed by atoms with Gasteiger partial charge in [0.25, 0.3) is 0 Å². The highest BCUT2D eigenvalue weighted by Gasteiger charge is 2.33. The second-order valence-electron chi connectivity index (χ2n) is 5.41. The van der Waals surface area contributed by atoms with Crippen molar-refractivity contribution in [3.63, 3.8) is 0 Å². The number of carboxylic acids is 1. The van der Waals surface area contributed by atoms with Crippen LogP contribution in [0.4, 0.5) is 0 Å². The number of nitrogens with zero attached hydrogens (tertiary/aromatic N) is 1. The number of carbonyl (C=O) groups is 1. The van der Waals surface area contributed by atoms with Crippen molar-refractivity contribution in [1.82, 2.24) is 4.90 Å². The van der Waals surface area contributed by atoms with E-state index in [2.05, 4.69) is 18.7 Å². The molecule has 1 N–H and O–H groups in total. The molecule has 2 unspecified atom stereocenters. The first-order valence-corrected chi connectivity index (χ1v) is 6.57. The molecule has 0 aromatic rings. The molecule has 1 heterocycles. The molecule has 4 nitrogen and oxygen atoms in total. The van der Waals surface area contributed by atoms with E-state index in [0.29, 0.717) is 12.5 Å². The lowest BCUT2D eigenvalue weighted by molar-refractivity contribution is -0.147. The Morgan fingerprint density at radius 3 is 2.82 bits per heavy atom. The van der Waals surface area contributed by atoms with Crippen LogP contribution in [0, 0.1) is 11.8 Å². The van der Waals surface area contributed by atoms with Crippen LogP contribution in [0.1, 0.15) is 33.6 Å². The Morgan fingerprint density at radius 1 is 1.53 bits per heavy atom. The van der Waals surface area contributed by atoms with Gasteiger partial charge in [0.2, 0.25) is 0 Å². The molecule has 1 saturated heterocycles. The molecule has 0 bridgehead atoms. The molecule has 0 aromatic heterocycles. The van der Waals surface area contributed by atoms with Crippen LogP contribution in [0.5, 0.6) is 0 Å². The maximum Gasteiger partial charge on any atom is 0.321 e. The van der Waals surface area contributed by atoms with E-state index < -0.39 is 5.97 Å². The molecule has 1 rings (SSSR count). The van der Waals surface area contributed by atoms with Crippen LogP contribution in [0.25, 0.3) is 0 Å². The van der Waals surface area contributed by atoms with Crippen LogP contribution in [0.2, 0.25) is 0 Å². The van der Waals surface area contributed by atoms with E-state index in [4.69, 9.17) is 4.74 Å². The minimum absolute atomic E-state index is 0.242. The van der Waals surface area contributed by atoms with Gasteiger partial charge in [-0.1, -0.05) is 20.8 Å². The molecule has 1 aliphatic rings. The number of hydrogen-bond acceptors (Lipinski definition) is 3. The summed E-state index contributed by atoms with van der Waals surface area (Å²) in [5, 5.41) is 9.24. The second kappa shape index (κ2) is 6.97. The average Bonchev–Trinajstić information content (AvgIpc) is 2.23. The number of rotatable bonds is 6. The summed E-state index contributed by atoms with van der Waals surface area (Å²) in [6.45, 7) is 9.25. The third-order valence-corrected chi connectivity index (χ3v) is 3.26. The Kier molecular flexibility index (Phi) is 5.92. The van der Waals surface area contributed by atoms with Crippen molar-refractivity contribution in [3.8, 4) is 0 Å². The van der Waals surface area contributed by atoms with Gasteiger partial charge < -0.3 is 9.84 Å². The number of likely N-dealkylation sites (tertiary alicyclic amines) is 1. The van der Waals surface area contributed by atoms with Crippen molar-refractivity contribution >= 4 is 5.97 Å². The standard InChI is InChI=1S/C13H25NO3/c1-10(2)9-17-8-7-14-6-4-5-11(3)12(14)13(15)16/h10-12H,4-9H2,1-3H3,(H,15,16). The third kappa shape index (κ3) is 4.64. The van der Waals surface area contributed by atoms with Crippen LogP contribution in [-0.2, 0) is 9.53 Å². The molecule has 0 amide bonds. The molecule has 17 heavy (non-hydrogen) atoms. The Morgan fingerprint density at radius 2 is 2.24 bits per heavy atom. The minimum atomic E-state index is -0.693. The molecule has 1 fully saturated rings. The summed E-state index contributed by atoms with van der Waals surface area (Å²) in [7, 11) is 0. The van der Waals surface area contributed by atoms with E-state index in [9.17, 15) is 9.90 Å². The molecule has 4 heteroatoms. The fraction of sp³-hybridized carbons (Fsp3) is 0.923. The highest BCUT2D eigenvalue weighted by Crippen LogP contribution is 2.23. The van der Waals surface area contributed by atoms with Crippen molar-refractivity contribution in [3.05, 3.63) is 0 Å². The van der Waals surface area contributed by atoms with Gasteiger partial charge in [0, 0.05) is 13.2 Å². The number of hydrogen-bond donors (Lipinski definition) is 1. The van der Waals surface area contributed by atoms with Gasteiger partial charge in [0.05, 0.1) is 6.61 Å². The second-order valence-corrected chi connectivity index (χ2v) is 5.41. The first-order chi connectivity index (χ1) is 8.02. The molecule has 0 spiro atoms. The minimum Gasteiger partial charge on any atom is -0.480 e. The first kappa shape index (κ1) is 14.5. The summed E-state index contributed by atoms with van der Waals surface area (Å²) >= 11 is 0. The summed E-state index contributed by atoms with van der Waals surface area (Å²) in [6.07, 6.45) is 2.11. The lowest BCUT2D eigenvalue weighted by Gasteiger charge is -2.37. The summed E-state index contributed by atoms with van der Waals surface area (Å²) < 4.78 is 5.53. The van der Waals surface area contributed by atoms with Gasteiger partial charge in [-0.3, -0.25) is 9.69 Å². The largest absolute Gasteiger partial charge is 0.480 e. The van der Waals surface area contributed by atoms with Crippen LogP contribution < -0.4 is 0 Å². The zero-order valence-electron chi connectivity index (χ0n) is 11.2. The molecule has 2 atom stereocenters. The molecule has 0 aliphatic carbocycles. The summed E-state index contributed by atoms with van der Waals surface area (Å²) in [5.74, 6) is 0.0814. The summed E-state index contributed by atoms with van der Waals surface area (Å²) in [5.41, 5.74) is 0. The van der Waals surface area contributed by atoms with E-state index in [0.717, 1.165) is 32.5 Å². The fourth-order valence-electron chi connectivity index (χ4n) is 2.42. The van der Waals surface area contributed by atoms with Crippen molar-refractivity contribution < 1.29 is 14.6 Å².